The number of esters is 1. The van der Waals surface area contributed by atoms with Gasteiger partial charge in [-0.05, 0) is 48.9 Å². The van der Waals surface area contributed by atoms with Crippen molar-refractivity contribution >= 4 is 27.6 Å². The molecule has 0 amide bonds. The summed E-state index contributed by atoms with van der Waals surface area (Å²) in [6.45, 7) is 1.66. The van der Waals surface area contributed by atoms with Gasteiger partial charge in [0.15, 0.2) is 5.54 Å². The second-order valence-corrected chi connectivity index (χ2v) is 5.67. The van der Waals surface area contributed by atoms with E-state index in [4.69, 9.17) is 4.74 Å². The summed E-state index contributed by atoms with van der Waals surface area (Å²) in [5, 5.41) is 3.11. The lowest BCUT2D eigenvalue weighted by Crippen LogP contribution is -2.41. The Balaban J connectivity index is 2.42. The van der Waals surface area contributed by atoms with Crippen LogP contribution < -0.4 is 5.32 Å². The van der Waals surface area contributed by atoms with Gasteiger partial charge in [0.1, 0.15) is 5.82 Å². The normalized spacial score (nSPS) is 13.3. The average Bonchev–Trinajstić information content (AvgIpc) is 2.48. The van der Waals surface area contributed by atoms with Gasteiger partial charge in [0.25, 0.3) is 0 Å². The first-order chi connectivity index (χ1) is 9.95. The van der Waals surface area contributed by atoms with Crippen molar-refractivity contribution < 1.29 is 13.9 Å². The van der Waals surface area contributed by atoms with E-state index in [-0.39, 0.29) is 0 Å². The molecule has 0 saturated heterocycles. The number of carbonyl (C=O) groups excluding carboxylic acids is 1. The Morgan fingerprint density at radius 2 is 1.90 bits per heavy atom. The molecule has 0 bridgehead atoms. The van der Waals surface area contributed by atoms with E-state index in [9.17, 15) is 9.18 Å². The molecule has 2 aromatic carbocycles. The van der Waals surface area contributed by atoms with Crippen molar-refractivity contribution in [3.05, 3.63) is 64.4 Å². The molecule has 2 rings (SSSR count). The third kappa shape index (κ3) is 3.42. The summed E-state index contributed by atoms with van der Waals surface area (Å²) in [5.41, 5.74) is 0.0534. The fraction of sp³-hybridized carbons (Fsp3) is 0.188. The highest BCUT2D eigenvalue weighted by Crippen LogP contribution is 2.28. The smallest absolute Gasteiger partial charge is 0.335 e. The van der Waals surface area contributed by atoms with Crippen LogP contribution >= 0.6 is 15.9 Å². The monoisotopic (exact) mass is 351 g/mol. The molecule has 0 fully saturated rings. The van der Waals surface area contributed by atoms with Gasteiger partial charge in [-0.3, -0.25) is 0 Å². The molecule has 1 atom stereocenters. The first-order valence-electron chi connectivity index (χ1n) is 6.34. The van der Waals surface area contributed by atoms with Crippen molar-refractivity contribution in [2.24, 2.45) is 0 Å². The van der Waals surface area contributed by atoms with Crippen LogP contribution in [0.15, 0.2) is 53.0 Å². The van der Waals surface area contributed by atoms with Crippen LogP contribution in [0.3, 0.4) is 0 Å². The summed E-state index contributed by atoms with van der Waals surface area (Å²) in [6.07, 6.45) is 0. The van der Waals surface area contributed by atoms with E-state index in [1.807, 2.05) is 24.3 Å². The minimum Gasteiger partial charge on any atom is -0.467 e. The third-order valence-electron chi connectivity index (χ3n) is 3.23. The Morgan fingerprint density at radius 3 is 2.48 bits per heavy atom. The van der Waals surface area contributed by atoms with E-state index in [0.29, 0.717) is 5.56 Å². The predicted molar refractivity (Wildman–Crippen MR) is 83.5 cm³/mol. The predicted octanol–water partition coefficient (Wildman–Crippen LogP) is 4.09. The van der Waals surface area contributed by atoms with Gasteiger partial charge in [0.05, 0.1) is 7.11 Å². The lowest BCUT2D eigenvalue weighted by Gasteiger charge is -2.29. The Bertz CT molecular complexity index is 645. The van der Waals surface area contributed by atoms with Crippen molar-refractivity contribution in [2.45, 2.75) is 12.5 Å². The van der Waals surface area contributed by atoms with Gasteiger partial charge in [0.2, 0.25) is 0 Å². The van der Waals surface area contributed by atoms with Crippen molar-refractivity contribution in [1.82, 2.24) is 0 Å². The van der Waals surface area contributed by atoms with Crippen LogP contribution in [0.4, 0.5) is 10.1 Å². The summed E-state index contributed by atoms with van der Waals surface area (Å²) < 4.78 is 19.3. The summed E-state index contributed by atoms with van der Waals surface area (Å²) >= 11 is 3.35. The number of anilines is 1. The molecular formula is C16H15BrFNO2. The number of ether oxygens (including phenoxy) is 1. The maximum Gasteiger partial charge on any atom is 0.335 e. The van der Waals surface area contributed by atoms with Crippen LogP contribution in [0.2, 0.25) is 0 Å². The Hall–Kier alpha value is -1.88. The number of hydrogen-bond donors (Lipinski definition) is 1. The maximum absolute atomic E-state index is 13.5. The van der Waals surface area contributed by atoms with Crippen molar-refractivity contribution in [3.63, 3.8) is 0 Å². The first kappa shape index (κ1) is 15.5. The number of benzene rings is 2. The molecule has 5 heteroatoms. The van der Waals surface area contributed by atoms with Gasteiger partial charge in [-0.1, -0.05) is 28.1 Å². The van der Waals surface area contributed by atoms with Crippen LogP contribution in [0.1, 0.15) is 12.5 Å². The van der Waals surface area contributed by atoms with Crippen LogP contribution in [0.25, 0.3) is 0 Å². The van der Waals surface area contributed by atoms with Crippen LogP contribution in [0, 0.1) is 5.82 Å². The molecule has 0 aliphatic rings. The van der Waals surface area contributed by atoms with E-state index in [1.54, 1.807) is 19.1 Å². The lowest BCUT2D eigenvalue weighted by atomic mass is 9.91. The van der Waals surface area contributed by atoms with E-state index < -0.39 is 17.3 Å². The Morgan fingerprint density at radius 1 is 1.24 bits per heavy atom. The number of carbonyl (C=O) groups is 1. The molecule has 0 aromatic heterocycles. The molecule has 0 saturated carbocycles. The van der Waals surface area contributed by atoms with Crippen LogP contribution in [-0.4, -0.2) is 13.1 Å². The van der Waals surface area contributed by atoms with E-state index in [2.05, 4.69) is 21.2 Å². The zero-order valence-electron chi connectivity index (χ0n) is 11.7. The first-order valence-corrected chi connectivity index (χ1v) is 7.13. The van der Waals surface area contributed by atoms with Gasteiger partial charge < -0.3 is 10.1 Å². The molecular weight excluding hydrogens is 337 g/mol. The topological polar surface area (TPSA) is 38.3 Å². The van der Waals surface area contributed by atoms with Crippen molar-refractivity contribution in [1.29, 1.82) is 0 Å². The molecule has 21 heavy (non-hydrogen) atoms. The van der Waals surface area contributed by atoms with Crippen LogP contribution in [-0.2, 0) is 15.1 Å². The molecule has 1 unspecified atom stereocenters. The van der Waals surface area contributed by atoms with Crippen molar-refractivity contribution in [2.75, 3.05) is 12.4 Å². The fourth-order valence-electron chi connectivity index (χ4n) is 2.07. The van der Waals surface area contributed by atoms with E-state index in [0.717, 1.165) is 10.2 Å². The number of halogens is 2. The number of nitrogens with one attached hydrogen (secondary N) is 1. The number of methoxy groups -OCH3 is 1. The van der Waals surface area contributed by atoms with Crippen molar-refractivity contribution in [3.8, 4) is 0 Å². The Kier molecular flexibility index (Phi) is 4.63. The van der Waals surface area contributed by atoms with Gasteiger partial charge in [-0.15, -0.1) is 0 Å². The van der Waals surface area contributed by atoms with E-state index in [1.165, 1.54) is 19.2 Å². The summed E-state index contributed by atoms with van der Waals surface area (Å²) in [6, 6.07) is 13.3. The largest absolute Gasteiger partial charge is 0.467 e. The summed E-state index contributed by atoms with van der Waals surface area (Å²) in [5.74, 6) is -0.892. The molecule has 0 heterocycles. The van der Waals surface area contributed by atoms with E-state index >= 15 is 0 Å². The highest BCUT2D eigenvalue weighted by atomic mass is 79.9. The van der Waals surface area contributed by atoms with Gasteiger partial charge in [-0.25, -0.2) is 9.18 Å². The quantitative estimate of drug-likeness (QED) is 0.843. The molecule has 2 aromatic rings. The minimum atomic E-state index is -1.18. The second-order valence-electron chi connectivity index (χ2n) is 4.76. The molecule has 0 radical (unpaired) electrons. The fourth-order valence-corrected chi connectivity index (χ4v) is 2.33. The molecule has 110 valence electrons. The van der Waals surface area contributed by atoms with Crippen LogP contribution in [0.5, 0.6) is 0 Å². The molecule has 1 N–H and O–H groups in total. The molecule has 0 aliphatic heterocycles. The number of hydrogen-bond acceptors (Lipinski definition) is 3. The minimum absolute atomic E-state index is 0.403. The molecule has 0 aliphatic carbocycles. The van der Waals surface area contributed by atoms with Gasteiger partial charge in [0, 0.05) is 10.2 Å². The standard InChI is InChI=1S/C16H15BrFNO2/c1-16(15(20)21-2,11-4-3-5-13(18)10-11)19-14-8-6-12(17)7-9-14/h3-10,19H,1-2H3. The lowest BCUT2D eigenvalue weighted by molar-refractivity contribution is -0.145. The SMILES string of the molecule is COC(=O)C(C)(Nc1ccc(Br)cc1)c1cccc(F)c1. The highest BCUT2D eigenvalue weighted by molar-refractivity contribution is 9.10. The van der Waals surface area contributed by atoms with Gasteiger partial charge in [-0.2, -0.15) is 0 Å². The zero-order chi connectivity index (χ0) is 15.5. The molecule has 0 spiro atoms. The summed E-state index contributed by atoms with van der Waals surface area (Å²) in [7, 11) is 1.31. The summed E-state index contributed by atoms with van der Waals surface area (Å²) in [4.78, 5) is 12.2. The maximum atomic E-state index is 13.5. The molecule has 3 nitrogen and oxygen atoms in total. The second kappa shape index (κ2) is 6.26. The Labute approximate surface area is 131 Å². The number of rotatable bonds is 4. The third-order valence-corrected chi connectivity index (χ3v) is 3.76. The zero-order valence-corrected chi connectivity index (χ0v) is 13.3. The van der Waals surface area contributed by atoms with Gasteiger partial charge >= 0.3 is 5.97 Å². The average molecular weight is 352 g/mol. The highest BCUT2D eigenvalue weighted by Gasteiger charge is 2.36.